The molecule has 0 radical (unpaired) electrons. The van der Waals surface area contributed by atoms with Crippen molar-refractivity contribution in [3.05, 3.63) is 65.2 Å². The number of carbonyl (C=O) groups excluding carboxylic acids is 2. The first-order chi connectivity index (χ1) is 15.0. The van der Waals surface area contributed by atoms with E-state index in [0.29, 0.717) is 18.7 Å². The highest BCUT2D eigenvalue weighted by Gasteiger charge is 2.26. The van der Waals surface area contributed by atoms with Crippen molar-refractivity contribution in [1.29, 1.82) is 0 Å². The van der Waals surface area contributed by atoms with Crippen molar-refractivity contribution >= 4 is 27.5 Å². The van der Waals surface area contributed by atoms with Crippen LogP contribution in [0.25, 0.3) is 0 Å². The molecule has 0 aromatic heterocycles. The molecule has 0 aliphatic heterocycles. The van der Waals surface area contributed by atoms with Gasteiger partial charge in [0.1, 0.15) is 6.04 Å². The molecule has 0 aliphatic rings. The normalized spacial score (nSPS) is 12.2. The van der Waals surface area contributed by atoms with Gasteiger partial charge in [-0.1, -0.05) is 36.4 Å². The predicted molar refractivity (Wildman–Crippen MR) is 128 cm³/mol. The molecule has 0 bridgehead atoms. The van der Waals surface area contributed by atoms with Gasteiger partial charge >= 0.3 is 0 Å². The lowest BCUT2D eigenvalue weighted by Crippen LogP contribution is -2.46. The highest BCUT2D eigenvalue weighted by Crippen LogP contribution is 2.22. The number of aryl methyl sites for hydroxylation is 2. The van der Waals surface area contributed by atoms with E-state index < -0.39 is 16.1 Å². The second kappa shape index (κ2) is 11.1. The van der Waals surface area contributed by atoms with Crippen molar-refractivity contribution in [2.75, 3.05) is 24.2 Å². The highest BCUT2D eigenvalue weighted by molar-refractivity contribution is 7.92. The van der Waals surface area contributed by atoms with Crippen LogP contribution in [0.1, 0.15) is 36.5 Å². The van der Waals surface area contributed by atoms with Gasteiger partial charge in [0.05, 0.1) is 11.9 Å². The molecule has 0 aliphatic carbocycles. The van der Waals surface area contributed by atoms with Gasteiger partial charge in [-0.2, -0.15) is 0 Å². The molecule has 2 aromatic carbocycles. The van der Waals surface area contributed by atoms with Gasteiger partial charge in [-0.3, -0.25) is 13.9 Å². The standard InChI is InChI=1S/C24H33N3O4S/c1-18-14-19(2)16-22(15-18)27(32(5,30)31)13-9-12-23(28)26(20(3)24(29)25-4)17-21-10-7-6-8-11-21/h6-8,10-11,14-16,20H,9,12-13,17H2,1-5H3,(H,25,29). The zero-order chi connectivity index (χ0) is 23.9. The van der Waals surface area contributed by atoms with Crippen molar-refractivity contribution in [2.45, 2.75) is 46.2 Å². The van der Waals surface area contributed by atoms with Crippen LogP contribution in [0.3, 0.4) is 0 Å². The van der Waals surface area contributed by atoms with Gasteiger partial charge in [0.2, 0.25) is 21.8 Å². The first-order valence-electron chi connectivity index (χ1n) is 10.6. The van der Waals surface area contributed by atoms with Crippen LogP contribution in [0.4, 0.5) is 5.69 Å². The lowest BCUT2D eigenvalue weighted by atomic mass is 10.1. The Morgan fingerprint density at radius 2 is 1.62 bits per heavy atom. The Bertz CT molecular complexity index is 1020. The zero-order valence-corrected chi connectivity index (χ0v) is 20.3. The van der Waals surface area contributed by atoms with E-state index in [-0.39, 0.29) is 24.8 Å². The van der Waals surface area contributed by atoms with E-state index in [0.717, 1.165) is 16.7 Å². The maximum atomic E-state index is 13.1. The molecule has 0 saturated carbocycles. The van der Waals surface area contributed by atoms with Crippen molar-refractivity contribution in [2.24, 2.45) is 0 Å². The van der Waals surface area contributed by atoms with Crippen LogP contribution in [0.2, 0.25) is 0 Å². The summed E-state index contributed by atoms with van der Waals surface area (Å²) in [5.41, 5.74) is 3.46. The smallest absolute Gasteiger partial charge is 0.242 e. The van der Waals surface area contributed by atoms with Crippen LogP contribution in [0.15, 0.2) is 48.5 Å². The topological polar surface area (TPSA) is 86.8 Å². The number of sulfonamides is 1. The lowest BCUT2D eigenvalue weighted by molar-refractivity contribution is -0.140. The number of anilines is 1. The Balaban J connectivity index is 2.15. The van der Waals surface area contributed by atoms with Crippen molar-refractivity contribution in [3.8, 4) is 0 Å². The molecule has 1 N–H and O–H groups in total. The molecule has 2 aromatic rings. The third-order valence-electron chi connectivity index (χ3n) is 5.26. The molecule has 7 nitrogen and oxygen atoms in total. The van der Waals surface area contributed by atoms with Crippen molar-refractivity contribution in [3.63, 3.8) is 0 Å². The Labute approximate surface area is 191 Å². The molecule has 0 saturated heterocycles. The minimum atomic E-state index is -3.51. The van der Waals surface area contributed by atoms with E-state index in [9.17, 15) is 18.0 Å². The van der Waals surface area contributed by atoms with E-state index >= 15 is 0 Å². The molecule has 0 fully saturated rings. The first-order valence-corrected chi connectivity index (χ1v) is 12.5. The van der Waals surface area contributed by atoms with E-state index in [1.165, 1.54) is 22.5 Å². The second-order valence-corrected chi connectivity index (χ2v) is 9.99. The molecular weight excluding hydrogens is 426 g/mol. The average molecular weight is 460 g/mol. The number of hydrogen-bond acceptors (Lipinski definition) is 4. The second-order valence-electron chi connectivity index (χ2n) is 8.08. The Morgan fingerprint density at radius 3 is 2.16 bits per heavy atom. The number of amides is 2. The number of likely N-dealkylation sites (N-methyl/N-ethyl adjacent to an activating group) is 1. The number of nitrogens with one attached hydrogen (secondary N) is 1. The van der Waals surface area contributed by atoms with Gasteiger partial charge in [-0.05, 0) is 56.0 Å². The molecule has 8 heteroatoms. The summed E-state index contributed by atoms with van der Waals surface area (Å²) < 4.78 is 26.2. The molecule has 2 amide bonds. The van der Waals surface area contributed by atoms with Crippen LogP contribution in [0.5, 0.6) is 0 Å². The summed E-state index contributed by atoms with van der Waals surface area (Å²) in [5, 5.41) is 2.59. The number of benzene rings is 2. The molecule has 0 heterocycles. The third-order valence-corrected chi connectivity index (χ3v) is 6.45. The number of rotatable bonds is 10. The summed E-state index contributed by atoms with van der Waals surface area (Å²) in [6.07, 6.45) is 1.64. The number of hydrogen-bond donors (Lipinski definition) is 1. The van der Waals surface area contributed by atoms with Crippen LogP contribution in [-0.4, -0.2) is 51.0 Å². The summed E-state index contributed by atoms with van der Waals surface area (Å²) >= 11 is 0. The maximum absolute atomic E-state index is 13.1. The summed E-state index contributed by atoms with van der Waals surface area (Å²) in [6, 6.07) is 14.5. The molecule has 174 valence electrons. The van der Waals surface area contributed by atoms with Crippen LogP contribution in [0, 0.1) is 13.8 Å². The largest absolute Gasteiger partial charge is 0.357 e. The molecule has 2 rings (SSSR count). The lowest BCUT2D eigenvalue weighted by Gasteiger charge is -2.29. The van der Waals surface area contributed by atoms with Gasteiger partial charge in [-0.15, -0.1) is 0 Å². The fourth-order valence-electron chi connectivity index (χ4n) is 3.67. The van der Waals surface area contributed by atoms with Crippen molar-refractivity contribution < 1.29 is 18.0 Å². The molecular formula is C24H33N3O4S. The Kier molecular flexibility index (Phi) is 8.83. The first kappa shape index (κ1) is 25.4. The average Bonchev–Trinajstić information content (AvgIpc) is 2.72. The fraction of sp³-hybridized carbons (Fsp3) is 0.417. The Morgan fingerprint density at radius 1 is 1.03 bits per heavy atom. The van der Waals surface area contributed by atoms with E-state index in [4.69, 9.17) is 0 Å². The van der Waals surface area contributed by atoms with Crippen molar-refractivity contribution in [1.82, 2.24) is 10.2 Å². The minimum absolute atomic E-state index is 0.130. The fourth-order valence-corrected chi connectivity index (χ4v) is 4.62. The molecule has 1 unspecified atom stereocenters. The zero-order valence-electron chi connectivity index (χ0n) is 19.5. The van der Waals surface area contributed by atoms with E-state index in [1.807, 2.05) is 62.4 Å². The predicted octanol–water partition coefficient (Wildman–Crippen LogP) is 3.01. The summed E-state index contributed by atoms with van der Waals surface area (Å²) in [6.45, 7) is 6.02. The van der Waals surface area contributed by atoms with Gasteiger partial charge in [0.25, 0.3) is 0 Å². The van der Waals surface area contributed by atoms with Gasteiger partial charge in [-0.25, -0.2) is 8.42 Å². The number of nitrogens with zero attached hydrogens (tertiary/aromatic N) is 2. The quantitative estimate of drug-likeness (QED) is 0.592. The number of carbonyl (C=O) groups is 2. The van der Waals surface area contributed by atoms with Gasteiger partial charge < -0.3 is 10.2 Å². The van der Waals surface area contributed by atoms with Gasteiger partial charge in [0, 0.05) is 26.6 Å². The third kappa shape index (κ3) is 7.09. The molecule has 32 heavy (non-hydrogen) atoms. The minimum Gasteiger partial charge on any atom is -0.357 e. The van der Waals surface area contributed by atoms with Gasteiger partial charge in [0.15, 0.2) is 0 Å². The monoisotopic (exact) mass is 459 g/mol. The summed E-state index contributed by atoms with van der Waals surface area (Å²) in [4.78, 5) is 26.8. The van der Waals surface area contributed by atoms with Crippen LogP contribution in [-0.2, 0) is 26.2 Å². The maximum Gasteiger partial charge on any atom is 0.242 e. The van der Waals surface area contributed by atoms with E-state index in [2.05, 4.69) is 5.32 Å². The Hall–Kier alpha value is -2.87. The summed E-state index contributed by atoms with van der Waals surface area (Å²) in [5.74, 6) is -0.443. The van der Waals surface area contributed by atoms with E-state index in [1.54, 1.807) is 6.92 Å². The summed E-state index contributed by atoms with van der Waals surface area (Å²) in [7, 11) is -1.97. The SMILES string of the molecule is CNC(=O)C(C)N(Cc1ccccc1)C(=O)CCCN(c1cc(C)cc(C)c1)S(C)(=O)=O. The molecule has 1 atom stereocenters. The van der Waals surface area contributed by atoms with Crippen LogP contribution >= 0.6 is 0 Å². The highest BCUT2D eigenvalue weighted by atomic mass is 32.2. The van der Waals surface area contributed by atoms with Crippen LogP contribution < -0.4 is 9.62 Å². The molecule has 0 spiro atoms.